The fraction of sp³-hybridized carbons (Fsp3) is 0.538. The minimum atomic E-state index is 0.771. The van der Waals surface area contributed by atoms with Gasteiger partial charge in [-0.05, 0) is 48.9 Å². The van der Waals surface area contributed by atoms with Crippen LogP contribution in [-0.2, 0) is 6.42 Å². The van der Waals surface area contributed by atoms with Gasteiger partial charge < -0.3 is 11.1 Å². The lowest BCUT2D eigenvalue weighted by atomic mass is 10.1. The lowest BCUT2D eigenvalue weighted by Gasteiger charge is -2.06. The van der Waals surface area contributed by atoms with Gasteiger partial charge >= 0.3 is 0 Å². The summed E-state index contributed by atoms with van der Waals surface area (Å²) in [5.74, 6) is 1.58. The van der Waals surface area contributed by atoms with Gasteiger partial charge in [0.25, 0.3) is 0 Å². The molecule has 0 aromatic heterocycles. The van der Waals surface area contributed by atoms with Crippen molar-refractivity contribution in [2.24, 2.45) is 17.6 Å². The van der Waals surface area contributed by atoms with Crippen LogP contribution in [0.1, 0.15) is 18.9 Å². The number of hydrogen-bond acceptors (Lipinski definition) is 2. The second-order valence-corrected chi connectivity index (χ2v) is 4.42. The van der Waals surface area contributed by atoms with Crippen molar-refractivity contribution >= 4 is 5.69 Å². The summed E-state index contributed by atoms with van der Waals surface area (Å²) in [4.78, 5) is 0. The van der Waals surface area contributed by atoms with Crippen molar-refractivity contribution in [2.45, 2.75) is 19.8 Å². The normalized spacial score (nSPS) is 23.9. The molecule has 0 amide bonds. The molecule has 1 saturated carbocycles. The summed E-state index contributed by atoms with van der Waals surface area (Å²) in [6.45, 7) is 4.10. The van der Waals surface area contributed by atoms with Crippen molar-refractivity contribution in [1.82, 2.24) is 0 Å². The van der Waals surface area contributed by atoms with Gasteiger partial charge in [0.15, 0.2) is 0 Å². The van der Waals surface area contributed by atoms with Gasteiger partial charge in [0.05, 0.1) is 0 Å². The third kappa shape index (κ3) is 2.72. The zero-order chi connectivity index (χ0) is 10.7. The molecule has 0 aliphatic heterocycles. The van der Waals surface area contributed by atoms with Crippen LogP contribution in [0.5, 0.6) is 0 Å². The first-order chi connectivity index (χ1) is 7.33. The molecule has 2 rings (SSSR count). The highest BCUT2D eigenvalue weighted by Crippen LogP contribution is 2.37. The first kappa shape index (κ1) is 10.5. The van der Waals surface area contributed by atoms with Crippen LogP contribution < -0.4 is 11.1 Å². The molecule has 3 N–H and O–H groups in total. The van der Waals surface area contributed by atoms with Gasteiger partial charge in [-0.15, -0.1) is 0 Å². The predicted octanol–water partition coefficient (Wildman–Crippen LogP) is 2.26. The molecule has 0 heterocycles. The largest absolute Gasteiger partial charge is 0.385 e. The van der Waals surface area contributed by atoms with E-state index in [0.29, 0.717) is 0 Å². The second kappa shape index (κ2) is 4.67. The number of nitrogens with two attached hydrogens (primary N) is 1. The fourth-order valence-corrected chi connectivity index (χ4v) is 1.96. The summed E-state index contributed by atoms with van der Waals surface area (Å²) in [5.41, 5.74) is 8.23. The molecule has 1 aliphatic rings. The van der Waals surface area contributed by atoms with Crippen LogP contribution in [-0.4, -0.2) is 13.1 Å². The molecule has 82 valence electrons. The number of benzene rings is 1. The Morgan fingerprint density at radius 1 is 1.27 bits per heavy atom. The van der Waals surface area contributed by atoms with Crippen LogP contribution in [0.4, 0.5) is 5.69 Å². The maximum Gasteiger partial charge on any atom is 0.0340 e. The highest BCUT2D eigenvalue weighted by atomic mass is 14.9. The van der Waals surface area contributed by atoms with Crippen LogP contribution in [0.2, 0.25) is 0 Å². The first-order valence-electron chi connectivity index (χ1n) is 5.86. The van der Waals surface area contributed by atoms with Gasteiger partial charge in [-0.25, -0.2) is 0 Å². The molecule has 1 aliphatic carbocycles. The summed E-state index contributed by atoms with van der Waals surface area (Å²) < 4.78 is 0. The summed E-state index contributed by atoms with van der Waals surface area (Å²) >= 11 is 0. The smallest absolute Gasteiger partial charge is 0.0340 e. The molecule has 0 spiro atoms. The van der Waals surface area contributed by atoms with E-state index in [0.717, 1.165) is 31.3 Å². The third-order valence-electron chi connectivity index (χ3n) is 3.30. The van der Waals surface area contributed by atoms with Gasteiger partial charge in [-0.3, -0.25) is 0 Å². The summed E-state index contributed by atoms with van der Waals surface area (Å²) in [6.07, 6.45) is 2.41. The molecule has 2 atom stereocenters. The average molecular weight is 204 g/mol. The van der Waals surface area contributed by atoms with Gasteiger partial charge in [-0.1, -0.05) is 19.1 Å². The Hall–Kier alpha value is -1.02. The molecule has 0 radical (unpaired) electrons. The number of nitrogens with one attached hydrogen (secondary N) is 1. The van der Waals surface area contributed by atoms with Crippen molar-refractivity contribution in [3.8, 4) is 0 Å². The van der Waals surface area contributed by atoms with E-state index in [-0.39, 0.29) is 0 Å². The topological polar surface area (TPSA) is 38.0 Å². The van der Waals surface area contributed by atoms with E-state index in [9.17, 15) is 0 Å². The van der Waals surface area contributed by atoms with Crippen LogP contribution in [0.25, 0.3) is 0 Å². The van der Waals surface area contributed by atoms with Crippen LogP contribution in [0.3, 0.4) is 0 Å². The number of anilines is 1. The SMILES string of the molecule is CCc1ccc(NC[C@H]2C[C@@H]2CN)cc1. The van der Waals surface area contributed by atoms with Crippen molar-refractivity contribution in [3.63, 3.8) is 0 Å². The van der Waals surface area contributed by atoms with Crippen LogP contribution >= 0.6 is 0 Å². The molecule has 0 bridgehead atoms. The Morgan fingerprint density at radius 2 is 2.00 bits per heavy atom. The minimum absolute atomic E-state index is 0.771. The molecule has 1 aromatic rings. The van der Waals surface area contributed by atoms with Gasteiger partial charge in [0.2, 0.25) is 0 Å². The number of aryl methyl sites for hydroxylation is 1. The average Bonchev–Trinajstić information content (AvgIpc) is 3.06. The highest BCUT2D eigenvalue weighted by molar-refractivity contribution is 5.44. The van der Waals surface area contributed by atoms with Crippen LogP contribution in [0.15, 0.2) is 24.3 Å². The zero-order valence-corrected chi connectivity index (χ0v) is 9.37. The molecule has 15 heavy (non-hydrogen) atoms. The second-order valence-electron chi connectivity index (χ2n) is 4.42. The van der Waals surface area contributed by atoms with Gasteiger partial charge in [-0.2, -0.15) is 0 Å². The maximum atomic E-state index is 5.60. The third-order valence-corrected chi connectivity index (χ3v) is 3.30. The van der Waals surface area contributed by atoms with Gasteiger partial charge in [0.1, 0.15) is 0 Å². The molecular formula is C13H20N2. The lowest BCUT2D eigenvalue weighted by molar-refractivity contribution is 0.733. The lowest BCUT2D eigenvalue weighted by Crippen LogP contribution is -2.09. The summed E-state index contributed by atoms with van der Waals surface area (Å²) in [6, 6.07) is 8.71. The Balaban J connectivity index is 1.79. The van der Waals surface area contributed by atoms with Crippen LogP contribution in [0, 0.1) is 11.8 Å². The molecule has 0 unspecified atom stereocenters. The predicted molar refractivity (Wildman–Crippen MR) is 65.0 cm³/mol. The molecule has 0 saturated heterocycles. The Kier molecular flexibility index (Phi) is 3.27. The van der Waals surface area contributed by atoms with E-state index in [2.05, 4.69) is 36.5 Å². The summed E-state index contributed by atoms with van der Waals surface area (Å²) in [5, 5.41) is 3.47. The van der Waals surface area contributed by atoms with E-state index in [1.807, 2.05) is 0 Å². The molecule has 1 fully saturated rings. The number of rotatable bonds is 5. The van der Waals surface area contributed by atoms with E-state index in [4.69, 9.17) is 5.73 Å². The van der Waals surface area contributed by atoms with E-state index in [1.165, 1.54) is 17.7 Å². The van der Waals surface area contributed by atoms with Crippen molar-refractivity contribution < 1.29 is 0 Å². The van der Waals surface area contributed by atoms with Crippen molar-refractivity contribution in [2.75, 3.05) is 18.4 Å². The summed E-state index contributed by atoms with van der Waals surface area (Å²) in [7, 11) is 0. The quantitative estimate of drug-likeness (QED) is 0.772. The first-order valence-corrected chi connectivity index (χ1v) is 5.86. The van der Waals surface area contributed by atoms with Crippen molar-refractivity contribution in [1.29, 1.82) is 0 Å². The van der Waals surface area contributed by atoms with Crippen molar-refractivity contribution in [3.05, 3.63) is 29.8 Å². The van der Waals surface area contributed by atoms with E-state index in [1.54, 1.807) is 0 Å². The van der Waals surface area contributed by atoms with E-state index >= 15 is 0 Å². The molecule has 1 aromatic carbocycles. The monoisotopic (exact) mass is 204 g/mol. The van der Waals surface area contributed by atoms with E-state index < -0.39 is 0 Å². The molecule has 2 heteroatoms. The Bertz CT molecular complexity index is 305. The highest BCUT2D eigenvalue weighted by Gasteiger charge is 2.34. The molecule has 2 nitrogen and oxygen atoms in total. The Morgan fingerprint density at radius 3 is 2.53 bits per heavy atom. The fourth-order valence-electron chi connectivity index (χ4n) is 1.96. The Labute approximate surface area is 91.9 Å². The van der Waals surface area contributed by atoms with Gasteiger partial charge in [0, 0.05) is 12.2 Å². The zero-order valence-electron chi connectivity index (χ0n) is 9.37. The molecular weight excluding hydrogens is 184 g/mol. The number of hydrogen-bond donors (Lipinski definition) is 2. The standard InChI is InChI=1S/C13H20N2/c1-2-10-3-5-13(6-4-10)15-9-12-7-11(12)8-14/h3-6,11-12,15H,2,7-9,14H2,1H3/t11-,12-/m1/s1. The maximum absolute atomic E-state index is 5.60. The minimum Gasteiger partial charge on any atom is -0.385 e.